The lowest BCUT2D eigenvalue weighted by molar-refractivity contribution is 0.0449. The molecule has 2 heteroatoms. The largest absolute Gasteiger partial charge is 0.387 e. The first-order valence-electron chi connectivity index (χ1n) is 8.06. The number of hydrogen-bond acceptors (Lipinski definition) is 2. The van der Waals surface area contributed by atoms with Crippen LogP contribution in [-0.4, -0.2) is 29.1 Å². The molecule has 0 radical (unpaired) electrons. The van der Waals surface area contributed by atoms with Crippen molar-refractivity contribution >= 4 is 0 Å². The average Bonchev–Trinajstić information content (AvgIpc) is 2.75. The second kappa shape index (κ2) is 7.24. The van der Waals surface area contributed by atoms with Crippen LogP contribution in [0.15, 0.2) is 24.3 Å². The maximum absolute atomic E-state index is 10.6. The molecule has 1 fully saturated rings. The number of hydrogen-bond donors (Lipinski definition) is 1. The van der Waals surface area contributed by atoms with Crippen LogP contribution in [0.5, 0.6) is 0 Å². The van der Waals surface area contributed by atoms with Crippen molar-refractivity contribution in [3.8, 4) is 0 Å². The van der Waals surface area contributed by atoms with E-state index in [4.69, 9.17) is 0 Å². The van der Waals surface area contributed by atoms with E-state index in [2.05, 4.69) is 50.1 Å². The van der Waals surface area contributed by atoms with E-state index in [1.807, 2.05) is 0 Å². The number of aryl methyl sites for hydroxylation is 1. The van der Waals surface area contributed by atoms with E-state index >= 15 is 0 Å². The Morgan fingerprint density at radius 2 is 1.60 bits per heavy atom. The Balaban J connectivity index is 2.01. The first-order valence-corrected chi connectivity index (χ1v) is 8.06. The number of aliphatic hydroxyl groups excluding tert-OH is 1. The van der Waals surface area contributed by atoms with Crippen LogP contribution >= 0.6 is 0 Å². The Hall–Kier alpha value is -0.860. The quantitative estimate of drug-likeness (QED) is 0.837. The predicted octanol–water partition coefficient (Wildman–Crippen LogP) is 4.07. The molecule has 1 aliphatic carbocycles. The third-order valence-electron chi connectivity index (χ3n) is 4.92. The van der Waals surface area contributed by atoms with Gasteiger partial charge in [0.15, 0.2) is 0 Å². The highest BCUT2D eigenvalue weighted by Crippen LogP contribution is 2.27. The molecule has 0 aromatic heterocycles. The molecular formula is C18H29NO. The van der Waals surface area contributed by atoms with E-state index in [1.165, 1.54) is 44.1 Å². The van der Waals surface area contributed by atoms with Crippen molar-refractivity contribution in [3.63, 3.8) is 0 Å². The standard InChI is InChI=1S/C18H29NO/c1-14-10-12-16(13-11-14)18(20)15(2)19(3)17-8-6-4-5-7-9-17/h10-13,15,17-18,20H,4-9H2,1-3H3. The zero-order valence-corrected chi connectivity index (χ0v) is 13.2. The summed E-state index contributed by atoms with van der Waals surface area (Å²) in [6.45, 7) is 4.23. The van der Waals surface area contributed by atoms with E-state index in [0.717, 1.165) is 5.56 Å². The van der Waals surface area contributed by atoms with Crippen LogP contribution in [0.25, 0.3) is 0 Å². The van der Waals surface area contributed by atoms with Crippen molar-refractivity contribution in [3.05, 3.63) is 35.4 Å². The van der Waals surface area contributed by atoms with Gasteiger partial charge in [-0.25, -0.2) is 0 Å². The molecule has 2 nitrogen and oxygen atoms in total. The molecule has 0 bridgehead atoms. The fraction of sp³-hybridized carbons (Fsp3) is 0.667. The van der Waals surface area contributed by atoms with Crippen molar-refractivity contribution in [1.29, 1.82) is 0 Å². The zero-order valence-electron chi connectivity index (χ0n) is 13.2. The summed E-state index contributed by atoms with van der Waals surface area (Å²) in [5.74, 6) is 0. The molecule has 2 unspecified atom stereocenters. The summed E-state index contributed by atoms with van der Waals surface area (Å²) in [7, 11) is 2.18. The van der Waals surface area contributed by atoms with Gasteiger partial charge in [0.25, 0.3) is 0 Å². The van der Waals surface area contributed by atoms with Gasteiger partial charge >= 0.3 is 0 Å². The molecule has 112 valence electrons. The van der Waals surface area contributed by atoms with Crippen molar-refractivity contribution in [2.45, 2.75) is 70.6 Å². The van der Waals surface area contributed by atoms with E-state index in [-0.39, 0.29) is 6.04 Å². The Labute approximate surface area is 123 Å². The number of likely N-dealkylation sites (N-methyl/N-ethyl adjacent to an activating group) is 1. The van der Waals surface area contributed by atoms with Crippen LogP contribution in [0.4, 0.5) is 0 Å². The van der Waals surface area contributed by atoms with Crippen LogP contribution in [0.1, 0.15) is 62.7 Å². The minimum atomic E-state index is -0.399. The SMILES string of the molecule is Cc1ccc(C(O)C(C)N(C)C2CCCCCC2)cc1. The zero-order chi connectivity index (χ0) is 14.5. The van der Waals surface area contributed by atoms with E-state index in [1.54, 1.807) is 0 Å². The molecule has 1 aromatic carbocycles. The van der Waals surface area contributed by atoms with Crippen LogP contribution in [0.3, 0.4) is 0 Å². The molecule has 1 aliphatic rings. The molecule has 0 spiro atoms. The lowest BCUT2D eigenvalue weighted by atomic mass is 9.98. The third kappa shape index (κ3) is 3.83. The number of rotatable bonds is 4. The van der Waals surface area contributed by atoms with Gasteiger partial charge in [0.2, 0.25) is 0 Å². The fourth-order valence-corrected chi connectivity index (χ4v) is 3.26. The Bertz CT molecular complexity index is 392. The smallest absolute Gasteiger partial charge is 0.0942 e. The number of aliphatic hydroxyl groups is 1. The Kier molecular flexibility index (Phi) is 5.62. The number of benzene rings is 1. The summed E-state index contributed by atoms with van der Waals surface area (Å²) in [6, 6.07) is 9.07. The summed E-state index contributed by atoms with van der Waals surface area (Å²) in [4.78, 5) is 2.40. The monoisotopic (exact) mass is 275 g/mol. The minimum Gasteiger partial charge on any atom is -0.387 e. The van der Waals surface area contributed by atoms with Crippen molar-refractivity contribution in [2.24, 2.45) is 0 Å². The van der Waals surface area contributed by atoms with Gasteiger partial charge in [-0.3, -0.25) is 4.90 Å². The van der Waals surface area contributed by atoms with Gasteiger partial charge in [-0.1, -0.05) is 55.5 Å². The van der Waals surface area contributed by atoms with Crippen molar-refractivity contribution in [2.75, 3.05) is 7.05 Å². The molecule has 0 saturated heterocycles. The molecule has 1 saturated carbocycles. The molecule has 2 rings (SSSR count). The summed E-state index contributed by atoms with van der Waals surface area (Å²) in [6.07, 6.45) is 7.58. The Morgan fingerprint density at radius 3 is 2.15 bits per heavy atom. The second-order valence-electron chi connectivity index (χ2n) is 6.41. The normalized spacial score (nSPS) is 20.6. The summed E-state index contributed by atoms with van der Waals surface area (Å²) in [5, 5.41) is 10.6. The maximum atomic E-state index is 10.6. The van der Waals surface area contributed by atoms with Gasteiger partial charge in [-0.15, -0.1) is 0 Å². The molecule has 1 aromatic rings. The molecule has 1 N–H and O–H groups in total. The van der Waals surface area contributed by atoms with Crippen molar-refractivity contribution < 1.29 is 5.11 Å². The fourth-order valence-electron chi connectivity index (χ4n) is 3.26. The predicted molar refractivity (Wildman–Crippen MR) is 84.9 cm³/mol. The molecule has 0 heterocycles. The van der Waals surface area contributed by atoms with Crippen LogP contribution in [0, 0.1) is 6.92 Å². The van der Waals surface area contributed by atoms with Gasteiger partial charge in [0.05, 0.1) is 6.10 Å². The van der Waals surface area contributed by atoms with Gasteiger partial charge in [-0.2, -0.15) is 0 Å². The summed E-state index contributed by atoms with van der Waals surface area (Å²) < 4.78 is 0. The lowest BCUT2D eigenvalue weighted by Crippen LogP contribution is -2.41. The first kappa shape index (κ1) is 15.5. The average molecular weight is 275 g/mol. The first-order chi connectivity index (χ1) is 9.59. The summed E-state index contributed by atoms with van der Waals surface area (Å²) in [5.41, 5.74) is 2.27. The molecule has 20 heavy (non-hydrogen) atoms. The van der Waals surface area contributed by atoms with E-state index in [9.17, 15) is 5.11 Å². The van der Waals surface area contributed by atoms with E-state index < -0.39 is 6.10 Å². The molecule has 2 atom stereocenters. The van der Waals surface area contributed by atoms with Crippen LogP contribution in [-0.2, 0) is 0 Å². The molecule has 0 amide bonds. The van der Waals surface area contributed by atoms with E-state index in [0.29, 0.717) is 6.04 Å². The maximum Gasteiger partial charge on any atom is 0.0942 e. The third-order valence-corrected chi connectivity index (χ3v) is 4.92. The topological polar surface area (TPSA) is 23.5 Å². The molecule has 0 aliphatic heterocycles. The lowest BCUT2D eigenvalue weighted by Gasteiger charge is -2.35. The van der Waals surface area contributed by atoms with Gasteiger partial charge in [-0.05, 0) is 39.3 Å². The number of nitrogens with zero attached hydrogens (tertiary/aromatic N) is 1. The van der Waals surface area contributed by atoms with Gasteiger partial charge < -0.3 is 5.11 Å². The van der Waals surface area contributed by atoms with Crippen LogP contribution < -0.4 is 0 Å². The highest BCUT2D eigenvalue weighted by Gasteiger charge is 2.26. The highest BCUT2D eigenvalue weighted by atomic mass is 16.3. The minimum absolute atomic E-state index is 0.167. The molecular weight excluding hydrogens is 246 g/mol. The Morgan fingerprint density at radius 1 is 1.05 bits per heavy atom. The van der Waals surface area contributed by atoms with Crippen molar-refractivity contribution in [1.82, 2.24) is 4.90 Å². The second-order valence-corrected chi connectivity index (χ2v) is 6.41. The van der Waals surface area contributed by atoms with Gasteiger partial charge in [0, 0.05) is 12.1 Å². The van der Waals surface area contributed by atoms with Gasteiger partial charge in [0.1, 0.15) is 0 Å². The summed E-state index contributed by atoms with van der Waals surface area (Å²) >= 11 is 0. The highest BCUT2D eigenvalue weighted by molar-refractivity contribution is 5.24. The van der Waals surface area contributed by atoms with Crippen LogP contribution in [0.2, 0.25) is 0 Å².